The number of aliphatic hydroxyl groups excluding tert-OH is 1. The summed E-state index contributed by atoms with van der Waals surface area (Å²) in [7, 11) is 0. The van der Waals surface area contributed by atoms with E-state index in [1.807, 2.05) is 0 Å². The molecule has 0 saturated heterocycles. The van der Waals surface area contributed by atoms with Gasteiger partial charge in [0.05, 0.1) is 0 Å². The van der Waals surface area contributed by atoms with Gasteiger partial charge < -0.3 is 10.2 Å². The Bertz CT molecular complexity index is 318. The predicted molar refractivity (Wildman–Crippen MR) is 45.0 cm³/mol. The van der Waals surface area contributed by atoms with Crippen molar-refractivity contribution in [3.8, 4) is 0 Å². The van der Waals surface area contributed by atoms with Crippen LogP contribution in [0, 0.1) is 0 Å². The Kier molecular flexibility index (Phi) is 2.71. The van der Waals surface area contributed by atoms with Crippen LogP contribution < -0.4 is 0 Å². The average Bonchev–Trinajstić information content (AvgIpc) is 2.08. The first-order valence-electron chi connectivity index (χ1n) is 4.02. The van der Waals surface area contributed by atoms with Gasteiger partial charge in [-0.3, -0.25) is 0 Å². The highest BCUT2D eigenvalue weighted by Crippen LogP contribution is 2.34. The quantitative estimate of drug-likeness (QED) is 0.713. The number of carboxylic acids is 1. The molecule has 2 N–H and O–H groups in total. The molecular weight excluding hydrogens is 194 g/mol. The number of hydrogen-bond acceptors (Lipinski definition) is 2. The number of hydrogen-bond donors (Lipinski definition) is 2. The van der Waals surface area contributed by atoms with Crippen LogP contribution in [0.1, 0.15) is 13.3 Å². The van der Waals surface area contributed by atoms with Gasteiger partial charge in [0.25, 0.3) is 0 Å². The van der Waals surface area contributed by atoms with Crippen molar-refractivity contribution in [1.82, 2.24) is 0 Å². The highest BCUT2D eigenvalue weighted by Gasteiger charge is 2.37. The Morgan fingerprint density at radius 3 is 2.79 bits per heavy atom. The van der Waals surface area contributed by atoms with E-state index in [4.69, 9.17) is 10.2 Å². The molecule has 0 fully saturated rings. The number of carboxylic acid groups (broad SMARTS) is 1. The molecule has 0 aromatic rings. The van der Waals surface area contributed by atoms with Gasteiger partial charge >= 0.3 is 5.97 Å². The van der Waals surface area contributed by atoms with Gasteiger partial charge in [0.15, 0.2) is 6.10 Å². The van der Waals surface area contributed by atoms with E-state index in [9.17, 15) is 13.6 Å². The third-order valence-electron chi connectivity index (χ3n) is 2.10. The maximum Gasteiger partial charge on any atom is 0.337 e. The molecule has 1 aliphatic rings. The lowest BCUT2D eigenvalue weighted by molar-refractivity contribution is -0.145. The molecule has 2 unspecified atom stereocenters. The Morgan fingerprint density at radius 2 is 2.29 bits per heavy atom. The summed E-state index contributed by atoms with van der Waals surface area (Å²) in [6, 6.07) is 0. The molecule has 0 bridgehead atoms. The summed E-state index contributed by atoms with van der Waals surface area (Å²) in [5.74, 6) is -2.31. The van der Waals surface area contributed by atoms with Crippen LogP contribution in [0.25, 0.3) is 0 Å². The topological polar surface area (TPSA) is 57.5 Å². The third kappa shape index (κ3) is 1.98. The lowest BCUT2D eigenvalue weighted by atomic mass is 9.86. The van der Waals surface area contributed by atoms with Crippen molar-refractivity contribution >= 4 is 5.97 Å². The van der Waals surface area contributed by atoms with E-state index in [2.05, 4.69) is 0 Å². The minimum Gasteiger partial charge on any atom is -0.479 e. The van der Waals surface area contributed by atoms with Gasteiger partial charge in [-0.2, -0.15) is 0 Å². The molecular formula is C9H10F2O3. The van der Waals surface area contributed by atoms with Crippen LogP contribution >= 0.6 is 0 Å². The van der Waals surface area contributed by atoms with Gasteiger partial charge in [-0.25, -0.2) is 13.6 Å². The average molecular weight is 204 g/mol. The highest BCUT2D eigenvalue weighted by molar-refractivity contribution is 5.77. The van der Waals surface area contributed by atoms with E-state index in [1.165, 1.54) is 0 Å². The van der Waals surface area contributed by atoms with Gasteiger partial charge in [0, 0.05) is 12.0 Å². The fourth-order valence-corrected chi connectivity index (χ4v) is 1.26. The fraction of sp³-hybridized carbons (Fsp3) is 0.444. The van der Waals surface area contributed by atoms with Crippen LogP contribution in [0.3, 0.4) is 0 Å². The van der Waals surface area contributed by atoms with Crippen molar-refractivity contribution in [2.24, 2.45) is 0 Å². The Hall–Kier alpha value is -1.23. The number of aliphatic hydroxyl groups is 1. The molecule has 0 aliphatic heterocycles. The lowest BCUT2D eigenvalue weighted by Gasteiger charge is -2.27. The highest BCUT2D eigenvalue weighted by atomic mass is 19.1. The van der Waals surface area contributed by atoms with E-state index >= 15 is 0 Å². The van der Waals surface area contributed by atoms with Gasteiger partial charge in [-0.15, -0.1) is 0 Å². The lowest BCUT2D eigenvalue weighted by Crippen LogP contribution is -2.35. The van der Waals surface area contributed by atoms with E-state index < -0.39 is 29.1 Å². The van der Waals surface area contributed by atoms with Crippen LogP contribution in [-0.4, -0.2) is 28.0 Å². The summed E-state index contributed by atoms with van der Waals surface area (Å²) in [6.45, 7) is 1.11. The second-order valence-electron chi connectivity index (χ2n) is 3.33. The molecule has 0 aromatic heterocycles. The van der Waals surface area contributed by atoms with Crippen LogP contribution in [0.4, 0.5) is 8.78 Å². The van der Waals surface area contributed by atoms with Gasteiger partial charge in [-0.05, 0) is 19.1 Å². The molecule has 3 nitrogen and oxygen atoms in total. The van der Waals surface area contributed by atoms with Crippen LogP contribution in [0.2, 0.25) is 0 Å². The zero-order chi connectivity index (χ0) is 10.9. The van der Waals surface area contributed by atoms with Crippen molar-refractivity contribution in [3.63, 3.8) is 0 Å². The molecule has 0 heterocycles. The van der Waals surface area contributed by atoms with E-state index in [1.54, 1.807) is 0 Å². The minimum absolute atomic E-state index is 0.269. The molecule has 0 aromatic carbocycles. The molecule has 5 heteroatoms. The number of allylic oxidation sites excluding steroid dienone is 3. The molecule has 0 radical (unpaired) electrons. The molecule has 1 rings (SSSR count). The normalized spacial score (nSPS) is 29.1. The van der Waals surface area contributed by atoms with Crippen molar-refractivity contribution < 1.29 is 23.8 Å². The van der Waals surface area contributed by atoms with Crippen molar-refractivity contribution in [1.29, 1.82) is 0 Å². The monoisotopic (exact) mass is 204 g/mol. The SMILES string of the molecule is CC1(F)CC=C(F)C=C1C(O)C(=O)O. The molecule has 1 aliphatic carbocycles. The van der Waals surface area contributed by atoms with E-state index in [-0.39, 0.29) is 6.42 Å². The number of halogens is 2. The van der Waals surface area contributed by atoms with Crippen molar-refractivity contribution in [3.05, 3.63) is 23.6 Å². The number of carbonyl (C=O) groups is 1. The summed E-state index contributed by atoms with van der Waals surface area (Å²) in [4.78, 5) is 10.4. The first-order chi connectivity index (χ1) is 6.34. The first-order valence-corrected chi connectivity index (χ1v) is 4.02. The van der Waals surface area contributed by atoms with Crippen LogP contribution in [0.15, 0.2) is 23.6 Å². The first kappa shape index (κ1) is 10.8. The molecule has 14 heavy (non-hydrogen) atoms. The second kappa shape index (κ2) is 3.49. The van der Waals surface area contributed by atoms with Crippen molar-refractivity contribution in [2.75, 3.05) is 0 Å². The van der Waals surface area contributed by atoms with Crippen LogP contribution in [-0.2, 0) is 4.79 Å². The van der Waals surface area contributed by atoms with E-state index in [0.29, 0.717) is 0 Å². The molecule has 0 saturated carbocycles. The molecule has 78 valence electrons. The zero-order valence-corrected chi connectivity index (χ0v) is 7.50. The Balaban J connectivity index is 3.04. The Labute approximate surface area is 79.4 Å². The smallest absolute Gasteiger partial charge is 0.337 e. The minimum atomic E-state index is -2.01. The maximum absolute atomic E-state index is 13.6. The second-order valence-corrected chi connectivity index (χ2v) is 3.33. The summed E-state index contributed by atoms with van der Waals surface area (Å²) >= 11 is 0. The molecule has 2 atom stereocenters. The standard InChI is InChI=1S/C9H10F2O3/c1-9(11)3-2-5(10)4-6(9)7(12)8(13)14/h2,4,7,12H,3H2,1H3,(H,13,14). The predicted octanol–water partition coefficient (Wildman–Crippen LogP) is 1.34. The Morgan fingerprint density at radius 1 is 1.71 bits per heavy atom. The third-order valence-corrected chi connectivity index (χ3v) is 2.10. The summed E-state index contributed by atoms with van der Waals surface area (Å²) < 4.78 is 26.3. The van der Waals surface area contributed by atoms with Gasteiger partial charge in [-0.1, -0.05) is 0 Å². The van der Waals surface area contributed by atoms with Gasteiger partial charge in [0.1, 0.15) is 11.5 Å². The summed E-state index contributed by atoms with van der Waals surface area (Å²) in [6.07, 6.45) is -0.528. The molecule has 0 spiro atoms. The number of rotatable bonds is 2. The fourth-order valence-electron chi connectivity index (χ4n) is 1.26. The number of alkyl halides is 1. The largest absolute Gasteiger partial charge is 0.479 e. The van der Waals surface area contributed by atoms with Gasteiger partial charge in [0.2, 0.25) is 0 Å². The zero-order valence-electron chi connectivity index (χ0n) is 7.50. The van der Waals surface area contributed by atoms with Crippen molar-refractivity contribution in [2.45, 2.75) is 25.1 Å². The maximum atomic E-state index is 13.6. The number of aliphatic carboxylic acids is 1. The summed E-state index contributed by atoms with van der Waals surface area (Å²) in [5.41, 5.74) is -2.46. The molecule has 0 amide bonds. The van der Waals surface area contributed by atoms with Crippen LogP contribution in [0.5, 0.6) is 0 Å². The summed E-state index contributed by atoms with van der Waals surface area (Å²) in [5, 5.41) is 17.6. The van der Waals surface area contributed by atoms with E-state index in [0.717, 1.165) is 19.1 Å².